The Kier molecular flexibility index (Phi) is 6.32. The molecule has 202 valence electrons. The highest BCUT2D eigenvalue weighted by Gasteiger charge is 2.33. The maximum atomic E-state index is 13.7. The fourth-order valence-corrected chi connectivity index (χ4v) is 5.52. The monoisotopic (exact) mass is 547 g/mol. The maximum Gasteiger partial charge on any atom is 0.295 e. The summed E-state index contributed by atoms with van der Waals surface area (Å²) in [4.78, 5) is 45.1. The molecule has 2 saturated carbocycles. The van der Waals surface area contributed by atoms with Crippen LogP contribution in [0.5, 0.6) is 0 Å². The summed E-state index contributed by atoms with van der Waals surface area (Å²) in [7, 11) is -3.39. The summed E-state index contributed by atoms with van der Waals surface area (Å²) in [6.45, 7) is 5.63. The van der Waals surface area contributed by atoms with E-state index in [0.717, 1.165) is 42.6 Å². The number of anilines is 1. The molecule has 0 aromatic carbocycles. The molecule has 0 amide bonds. The van der Waals surface area contributed by atoms with Crippen molar-refractivity contribution in [3.8, 4) is 11.4 Å². The fraction of sp³-hybridized carbons (Fsp3) is 0.462. The highest BCUT2D eigenvalue weighted by Crippen LogP contribution is 2.43. The molecule has 0 radical (unpaired) electrons. The summed E-state index contributed by atoms with van der Waals surface area (Å²) in [6.07, 6.45) is 10.1. The van der Waals surface area contributed by atoms with E-state index >= 15 is 0 Å². The Morgan fingerprint density at radius 3 is 2.44 bits per heavy atom. The normalized spacial score (nSPS) is 16.4. The lowest BCUT2D eigenvalue weighted by atomic mass is 10.1. The van der Waals surface area contributed by atoms with Gasteiger partial charge in [-0.25, -0.2) is 43.3 Å². The van der Waals surface area contributed by atoms with Crippen LogP contribution in [0, 0.1) is 12.8 Å². The van der Waals surface area contributed by atoms with Gasteiger partial charge in [-0.15, -0.1) is 0 Å². The minimum absolute atomic E-state index is 0.0315. The Morgan fingerprint density at radius 1 is 1.03 bits per heavy atom. The van der Waals surface area contributed by atoms with E-state index in [2.05, 4.69) is 35.2 Å². The van der Waals surface area contributed by atoms with Gasteiger partial charge in [0.15, 0.2) is 27.1 Å². The molecule has 13 heteroatoms. The summed E-state index contributed by atoms with van der Waals surface area (Å²) in [5, 5.41) is 3.04. The van der Waals surface area contributed by atoms with Crippen LogP contribution in [0.1, 0.15) is 68.7 Å². The summed E-state index contributed by atoms with van der Waals surface area (Å²) < 4.78 is 25.8. The SMILES string of the molecule is CCS(=O)(=O)c1cnc(CNc2nc3cnc(-c4c(C)ncnc4C4CC4)nc3n([C@H](C)C3CC3)c2=O)nc1. The number of hydrogen-bond acceptors (Lipinski definition) is 11. The number of aromatic nitrogens is 8. The van der Waals surface area contributed by atoms with Gasteiger partial charge < -0.3 is 5.32 Å². The van der Waals surface area contributed by atoms with Crippen molar-refractivity contribution in [3.63, 3.8) is 0 Å². The first-order valence-corrected chi connectivity index (χ1v) is 14.8. The van der Waals surface area contributed by atoms with Gasteiger partial charge in [0.1, 0.15) is 22.6 Å². The van der Waals surface area contributed by atoms with Crippen LogP contribution in [0.2, 0.25) is 0 Å². The number of nitrogens with one attached hydrogen (secondary N) is 1. The molecular weight excluding hydrogens is 518 g/mol. The zero-order chi connectivity index (χ0) is 27.3. The van der Waals surface area contributed by atoms with Gasteiger partial charge in [-0.05, 0) is 45.4 Å². The molecule has 2 aliphatic rings. The van der Waals surface area contributed by atoms with Gasteiger partial charge >= 0.3 is 0 Å². The largest absolute Gasteiger partial charge is 0.358 e. The molecule has 4 heterocycles. The van der Waals surface area contributed by atoms with E-state index in [-0.39, 0.29) is 34.6 Å². The van der Waals surface area contributed by atoms with Crippen LogP contribution in [0.25, 0.3) is 22.6 Å². The van der Waals surface area contributed by atoms with Gasteiger partial charge in [0, 0.05) is 24.4 Å². The van der Waals surface area contributed by atoms with Crippen LogP contribution in [-0.4, -0.2) is 53.6 Å². The molecule has 1 N–H and O–H groups in total. The zero-order valence-corrected chi connectivity index (χ0v) is 22.8. The van der Waals surface area contributed by atoms with Crippen molar-refractivity contribution < 1.29 is 8.42 Å². The second-order valence-electron chi connectivity index (χ2n) is 10.2. The van der Waals surface area contributed by atoms with Crippen LogP contribution in [0.15, 0.2) is 34.6 Å². The highest BCUT2D eigenvalue weighted by molar-refractivity contribution is 7.91. The van der Waals surface area contributed by atoms with E-state index in [1.165, 1.54) is 12.4 Å². The van der Waals surface area contributed by atoms with Crippen molar-refractivity contribution >= 4 is 26.8 Å². The minimum Gasteiger partial charge on any atom is -0.358 e. The molecular formula is C26H29N9O3S. The summed E-state index contributed by atoms with van der Waals surface area (Å²) in [6, 6.07) is -0.0721. The Morgan fingerprint density at radius 2 is 1.77 bits per heavy atom. The van der Waals surface area contributed by atoms with Crippen LogP contribution < -0.4 is 10.9 Å². The van der Waals surface area contributed by atoms with E-state index in [0.29, 0.717) is 34.6 Å². The number of fused-ring (bicyclic) bond motifs is 1. The third-order valence-corrected chi connectivity index (χ3v) is 9.12. The third kappa shape index (κ3) is 4.86. The smallest absolute Gasteiger partial charge is 0.295 e. The molecule has 0 bridgehead atoms. The molecule has 2 fully saturated rings. The maximum absolute atomic E-state index is 13.7. The molecule has 4 aromatic heterocycles. The Balaban J connectivity index is 1.38. The first kappa shape index (κ1) is 25.4. The van der Waals surface area contributed by atoms with Crippen molar-refractivity contribution in [1.29, 1.82) is 0 Å². The van der Waals surface area contributed by atoms with E-state index in [4.69, 9.17) is 4.98 Å². The Labute approximate surface area is 225 Å². The fourth-order valence-electron chi connectivity index (χ4n) is 4.76. The number of aryl methyl sites for hydroxylation is 1. The average molecular weight is 548 g/mol. The highest BCUT2D eigenvalue weighted by atomic mass is 32.2. The number of nitrogens with zero attached hydrogens (tertiary/aromatic N) is 8. The van der Waals surface area contributed by atoms with Crippen LogP contribution in [-0.2, 0) is 16.4 Å². The second kappa shape index (κ2) is 9.70. The van der Waals surface area contributed by atoms with Gasteiger partial charge in [-0.3, -0.25) is 9.36 Å². The summed E-state index contributed by atoms with van der Waals surface area (Å²) in [5.74, 6) is 1.72. The first-order chi connectivity index (χ1) is 18.8. The van der Waals surface area contributed by atoms with E-state index < -0.39 is 9.84 Å². The van der Waals surface area contributed by atoms with Gasteiger partial charge in [0.2, 0.25) is 0 Å². The molecule has 6 rings (SSSR count). The van der Waals surface area contributed by atoms with E-state index in [9.17, 15) is 13.2 Å². The Hall–Kier alpha value is -3.87. The predicted octanol–water partition coefficient (Wildman–Crippen LogP) is 3.00. The topological polar surface area (TPSA) is 158 Å². The van der Waals surface area contributed by atoms with Crippen molar-refractivity contribution in [3.05, 3.63) is 52.5 Å². The quantitative estimate of drug-likeness (QED) is 0.328. The minimum atomic E-state index is -3.39. The van der Waals surface area contributed by atoms with Crippen molar-refractivity contribution in [1.82, 2.24) is 39.5 Å². The zero-order valence-electron chi connectivity index (χ0n) is 22.0. The molecule has 4 aromatic rings. The van der Waals surface area contributed by atoms with Gasteiger partial charge in [0.05, 0.1) is 35.4 Å². The molecule has 39 heavy (non-hydrogen) atoms. The molecule has 0 saturated heterocycles. The second-order valence-corrected chi connectivity index (χ2v) is 12.5. The van der Waals surface area contributed by atoms with Crippen molar-refractivity contribution in [2.45, 2.75) is 69.9 Å². The lowest BCUT2D eigenvalue weighted by Gasteiger charge is -2.19. The number of sulfone groups is 1. The third-order valence-electron chi connectivity index (χ3n) is 7.43. The average Bonchev–Trinajstić information content (AvgIpc) is 3.85. The number of hydrogen-bond donors (Lipinski definition) is 1. The molecule has 2 aliphatic carbocycles. The summed E-state index contributed by atoms with van der Waals surface area (Å²) in [5.41, 5.74) is 3.26. The predicted molar refractivity (Wildman–Crippen MR) is 144 cm³/mol. The molecule has 0 aliphatic heterocycles. The number of rotatable bonds is 9. The van der Waals surface area contributed by atoms with Gasteiger partial charge in [0.25, 0.3) is 5.56 Å². The standard InChI is InChI=1S/C26H29N9O3S/c1-4-39(37,38)18-9-27-20(28-10-18)12-30-24-26(36)35(15(3)16-5-6-16)25-19(33-24)11-29-23(34-25)21-14(2)31-13-32-22(21)17-7-8-17/h9-11,13,15-17H,4-8,12H2,1-3H3,(H,30,33)/t15-/m1/s1. The molecule has 0 spiro atoms. The van der Waals surface area contributed by atoms with Crippen molar-refractivity contribution in [2.75, 3.05) is 11.1 Å². The Bertz CT molecular complexity index is 1730. The van der Waals surface area contributed by atoms with Crippen LogP contribution in [0.4, 0.5) is 5.82 Å². The van der Waals surface area contributed by atoms with E-state index in [1.54, 1.807) is 24.0 Å². The molecule has 1 atom stereocenters. The summed E-state index contributed by atoms with van der Waals surface area (Å²) >= 11 is 0. The van der Waals surface area contributed by atoms with E-state index in [1.807, 2.05) is 13.8 Å². The molecule has 12 nitrogen and oxygen atoms in total. The lowest BCUT2D eigenvalue weighted by molar-refractivity contribution is 0.482. The van der Waals surface area contributed by atoms with Gasteiger partial charge in [-0.1, -0.05) is 6.92 Å². The van der Waals surface area contributed by atoms with Crippen LogP contribution in [0.3, 0.4) is 0 Å². The van der Waals surface area contributed by atoms with Crippen LogP contribution >= 0.6 is 0 Å². The first-order valence-electron chi connectivity index (χ1n) is 13.2. The molecule has 0 unspecified atom stereocenters. The van der Waals surface area contributed by atoms with Gasteiger partial charge in [-0.2, -0.15) is 0 Å². The van der Waals surface area contributed by atoms with Crippen molar-refractivity contribution in [2.24, 2.45) is 5.92 Å². The lowest BCUT2D eigenvalue weighted by Crippen LogP contribution is -2.29.